The van der Waals surface area contributed by atoms with Gasteiger partial charge in [-0.15, -0.1) is 0 Å². The van der Waals surface area contributed by atoms with E-state index in [0.717, 1.165) is 18.4 Å². The van der Waals surface area contributed by atoms with Crippen LogP contribution in [-0.2, 0) is 16.6 Å². The number of benzene rings is 2. The fourth-order valence-corrected chi connectivity index (χ4v) is 5.31. The molecule has 1 fully saturated rings. The van der Waals surface area contributed by atoms with Crippen LogP contribution in [0.3, 0.4) is 0 Å². The molecule has 2 aromatic carbocycles. The molecule has 7 nitrogen and oxygen atoms in total. The number of aromatic nitrogens is 1. The van der Waals surface area contributed by atoms with Crippen LogP contribution in [-0.4, -0.2) is 46.7 Å². The largest absolute Gasteiger partial charge is 0.490 e. The first-order valence-electron chi connectivity index (χ1n) is 11.6. The van der Waals surface area contributed by atoms with Gasteiger partial charge in [0.1, 0.15) is 11.8 Å². The summed E-state index contributed by atoms with van der Waals surface area (Å²) in [6, 6.07) is 13.7. The molecule has 174 valence electrons. The molecule has 0 saturated carbocycles. The highest BCUT2D eigenvalue weighted by molar-refractivity contribution is 5.82. The fraction of sp³-hybridized carbons (Fsp3) is 0.370. The molecular formula is C27H27N3O4. The Morgan fingerprint density at radius 3 is 2.94 bits per heavy atom. The zero-order valence-corrected chi connectivity index (χ0v) is 19.4. The monoisotopic (exact) mass is 457 g/mol. The van der Waals surface area contributed by atoms with Gasteiger partial charge in [-0.25, -0.2) is 4.98 Å². The van der Waals surface area contributed by atoms with Crippen molar-refractivity contribution in [2.75, 3.05) is 19.7 Å². The minimum atomic E-state index is -0.200. The maximum Gasteiger partial charge on any atom is 0.226 e. The Morgan fingerprint density at radius 1 is 1.32 bits per heavy atom. The Kier molecular flexibility index (Phi) is 5.62. The Bertz CT molecular complexity index is 1290. The van der Waals surface area contributed by atoms with E-state index in [2.05, 4.69) is 17.1 Å². The normalized spacial score (nSPS) is 19.1. The fourth-order valence-electron chi connectivity index (χ4n) is 5.31. The minimum absolute atomic E-state index is 0.0202. The molecule has 1 N–H and O–H groups in total. The van der Waals surface area contributed by atoms with Gasteiger partial charge in [-0.3, -0.25) is 4.79 Å². The van der Waals surface area contributed by atoms with Gasteiger partial charge in [-0.2, -0.15) is 5.26 Å². The molecule has 1 amide bonds. The lowest BCUT2D eigenvalue weighted by Crippen LogP contribution is -2.32. The van der Waals surface area contributed by atoms with E-state index in [1.165, 1.54) is 11.1 Å². The molecule has 2 heterocycles. The van der Waals surface area contributed by atoms with E-state index < -0.39 is 0 Å². The number of amides is 1. The zero-order valence-electron chi connectivity index (χ0n) is 19.4. The standard InChI is InChI=1S/C27H27N3O4/c1-17(2)33-23-7-6-18(12-19(23)14-28)26-29-15-24(34-26)21-4-3-5-22-20(21)8-9-27(22)13-25(32)30(16-27)10-11-31/h3-7,12,15,17,31H,8-11,13,16H2,1-2H3. The number of likely N-dealkylation sites (tertiary alicyclic amines) is 1. The molecule has 5 rings (SSSR count). The average molecular weight is 458 g/mol. The van der Waals surface area contributed by atoms with Gasteiger partial charge in [-0.05, 0) is 56.0 Å². The van der Waals surface area contributed by atoms with Crippen molar-refractivity contribution in [3.8, 4) is 34.6 Å². The Morgan fingerprint density at radius 2 is 2.18 bits per heavy atom. The summed E-state index contributed by atoms with van der Waals surface area (Å²) in [6.45, 7) is 4.85. The highest BCUT2D eigenvalue weighted by atomic mass is 16.5. The lowest BCUT2D eigenvalue weighted by molar-refractivity contribution is -0.128. The van der Waals surface area contributed by atoms with Gasteiger partial charge in [0.25, 0.3) is 0 Å². The van der Waals surface area contributed by atoms with Crippen LogP contribution in [0.5, 0.6) is 5.75 Å². The minimum Gasteiger partial charge on any atom is -0.490 e. The number of aliphatic hydroxyl groups excluding tert-OH is 1. The SMILES string of the molecule is CC(C)Oc1ccc(-c2ncc(-c3cccc4c3CCC43CC(=O)N(CCO)C3)o2)cc1C#N. The number of ether oxygens (including phenoxy) is 1. The first-order valence-corrected chi connectivity index (χ1v) is 11.6. The maximum absolute atomic E-state index is 12.5. The lowest BCUT2D eigenvalue weighted by Gasteiger charge is -2.24. The van der Waals surface area contributed by atoms with E-state index in [9.17, 15) is 15.2 Å². The second-order valence-electron chi connectivity index (χ2n) is 9.35. The van der Waals surface area contributed by atoms with Gasteiger partial charge >= 0.3 is 0 Å². The molecule has 1 aromatic heterocycles. The topological polar surface area (TPSA) is 99.6 Å². The van der Waals surface area contributed by atoms with Crippen molar-refractivity contribution in [1.82, 2.24) is 9.88 Å². The van der Waals surface area contributed by atoms with Crippen LogP contribution in [0.1, 0.15) is 43.4 Å². The van der Waals surface area contributed by atoms with Crippen molar-refractivity contribution in [3.63, 3.8) is 0 Å². The number of nitriles is 1. The molecule has 2 aliphatic rings. The predicted molar refractivity (Wildman–Crippen MR) is 126 cm³/mol. The second-order valence-corrected chi connectivity index (χ2v) is 9.35. The molecule has 0 radical (unpaired) electrons. The van der Waals surface area contributed by atoms with Crippen LogP contribution < -0.4 is 4.74 Å². The number of hydrogen-bond donors (Lipinski definition) is 1. The lowest BCUT2D eigenvalue weighted by atomic mass is 9.80. The number of nitrogens with zero attached hydrogens (tertiary/aromatic N) is 3. The Labute approximate surface area is 198 Å². The smallest absolute Gasteiger partial charge is 0.226 e. The third kappa shape index (κ3) is 3.74. The quantitative estimate of drug-likeness (QED) is 0.599. The van der Waals surface area contributed by atoms with E-state index in [1.54, 1.807) is 23.2 Å². The highest BCUT2D eigenvalue weighted by Gasteiger charge is 2.48. The van der Waals surface area contributed by atoms with Gasteiger partial charge in [-0.1, -0.05) is 18.2 Å². The summed E-state index contributed by atoms with van der Waals surface area (Å²) in [7, 11) is 0. The van der Waals surface area contributed by atoms with Crippen LogP contribution in [0.15, 0.2) is 47.0 Å². The summed E-state index contributed by atoms with van der Waals surface area (Å²) in [5.74, 6) is 1.76. The molecule has 1 atom stereocenters. The number of carbonyl (C=O) groups excluding carboxylic acids is 1. The number of rotatable bonds is 6. The summed E-state index contributed by atoms with van der Waals surface area (Å²) in [4.78, 5) is 18.8. The second kappa shape index (κ2) is 8.62. The number of fused-ring (bicyclic) bond motifs is 2. The van der Waals surface area contributed by atoms with Crippen molar-refractivity contribution < 1.29 is 19.1 Å². The van der Waals surface area contributed by atoms with Gasteiger partial charge in [0.2, 0.25) is 11.8 Å². The zero-order chi connectivity index (χ0) is 23.9. The van der Waals surface area contributed by atoms with Crippen molar-refractivity contribution >= 4 is 5.91 Å². The number of aliphatic hydroxyl groups is 1. The van der Waals surface area contributed by atoms with Gasteiger partial charge < -0.3 is 19.2 Å². The number of hydrogen-bond acceptors (Lipinski definition) is 6. The van der Waals surface area contributed by atoms with Crippen LogP contribution in [0, 0.1) is 11.3 Å². The van der Waals surface area contributed by atoms with E-state index in [1.807, 2.05) is 32.0 Å². The molecule has 1 saturated heterocycles. The molecular weight excluding hydrogens is 430 g/mol. The third-order valence-electron chi connectivity index (χ3n) is 6.79. The van der Waals surface area contributed by atoms with Crippen LogP contribution in [0.4, 0.5) is 0 Å². The van der Waals surface area contributed by atoms with E-state index in [4.69, 9.17) is 9.15 Å². The van der Waals surface area contributed by atoms with Crippen molar-refractivity contribution in [3.05, 3.63) is 59.3 Å². The van der Waals surface area contributed by atoms with Crippen LogP contribution in [0.2, 0.25) is 0 Å². The Hall–Kier alpha value is -3.63. The van der Waals surface area contributed by atoms with E-state index in [-0.39, 0.29) is 24.0 Å². The summed E-state index contributed by atoms with van der Waals surface area (Å²) in [6.07, 6.45) is 3.93. The molecule has 1 aliphatic carbocycles. The summed E-state index contributed by atoms with van der Waals surface area (Å²) in [5, 5.41) is 18.8. The summed E-state index contributed by atoms with van der Waals surface area (Å²) >= 11 is 0. The van der Waals surface area contributed by atoms with E-state index >= 15 is 0 Å². The van der Waals surface area contributed by atoms with Crippen molar-refractivity contribution in [1.29, 1.82) is 5.26 Å². The van der Waals surface area contributed by atoms with Gasteiger partial charge in [0, 0.05) is 36.1 Å². The Balaban J connectivity index is 1.46. The predicted octanol–water partition coefficient (Wildman–Crippen LogP) is 4.08. The van der Waals surface area contributed by atoms with E-state index in [0.29, 0.717) is 48.0 Å². The summed E-state index contributed by atoms with van der Waals surface area (Å²) in [5.41, 5.74) is 4.33. The van der Waals surface area contributed by atoms with Crippen LogP contribution in [0.25, 0.3) is 22.8 Å². The number of oxazole rings is 1. The van der Waals surface area contributed by atoms with Crippen LogP contribution >= 0.6 is 0 Å². The highest BCUT2D eigenvalue weighted by Crippen LogP contribution is 2.48. The summed E-state index contributed by atoms with van der Waals surface area (Å²) < 4.78 is 11.9. The van der Waals surface area contributed by atoms with Crippen molar-refractivity contribution in [2.45, 2.75) is 44.6 Å². The molecule has 1 aliphatic heterocycles. The molecule has 1 spiro atoms. The first kappa shape index (κ1) is 22.2. The van der Waals surface area contributed by atoms with Crippen molar-refractivity contribution in [2.24, 2.45) is 0 Å². The molecule has 3 aromatic rings. The molecule has 7 heteroatoms. The third-order valence-corrected chi connectivity index (χ3v) is 6.79. The average Bonchev–Trinajstić information content (AvgIpc) is 3.52. The number of carbonyl (C=O) groups is 1. The number of β-amino-alcohol motifs (C(OH)–C–C–N with tert-alkyl or cyclic N) is 1. The molecule has 0 bridgehead atoms. The maximum atomic E-state index is 12.5. The molecule has 34 heavy (non-hydrogen) atoms. The van der Waals surface area contributed by atoms with Gasteiger partial charge in [0.05, 0.1) is 24.5 Å². The molecule has 1 unspecified atom stereocenters. The van der Waals surface area contributed by atoms with Gasteiger partial charge in [0.15, 0.2) is 5.76 Å². The first-order chi connectivity index (χ1) is 16.4.